The minimum atomic E-state index is -2.62. The Balaban J connectivity index is 1.90. The van der Waals surface area contributed by atoms with Gasteiger partial charge in [-0.1, -0.05) is 97.1 Å². The lowest BCUT2D eigenvalue weighted by Gasteiger charge is -2.34. The smallest absolute Gasteiger partial charge is 0.305 e. The molecule has 0 spiro atoms. The zero-order chi connectivity index (χ0) is 17.0. The third-order valence-electron chi connectivity index (χ3n) is 4.68. The molecular weight excluding hydrogens is 322 g/mol. The lowest BCUT2D eigenvalue weighted by molar-refractivity contribution is 0.221. The predicted octanol–water partition coefficient (Wildman–Crippen LogP) is 2.85. The number of hydrogen-bond acceptors (Lipinski definition) is 2. The van der Waals surface area contributed by atoms with Gasteiger partial charge in [0.05, 0.1) is 0 Å². The van der Waals surface area contributed by atoms with E-state index in [1.807, 2.05) is 0 Å². The van der Waals surface area contributed by atoms with Crippen molar-refractivity contribution < 1.29 is 4.53 Å². The van der Waals surface area contributed by atoms with Crippen molar-refractivity contribution in [2.24, 2.45) is 0 Å². The van der Waals surface area contributed by atoms with Crippen molar-refractivity contribution in [2.75, 3.05) is 0 Å². The van der Waals surface area contributed by atoms with E-state index in [4.69, 9.17) is 4.53 Å². The van der Waals surface area contributed by atoms with Crippen LogP contribution in [0.4, 0.5) is 0 Å². The molecule has 3 heteroatoms. The van der Waals surface area contributed by atoms with Gasteiger partial charge in [0.1, 0.15) is 0 Å². The van der Waals surface area contributed by atoms with Gasteiger partial charge in [0.15, 0.2) is 0 Å². The number of allylic oxidation sites excluding steroid dienone is 2. The molecule has 4 rings (SSSR count). The van der Waals surface area contributed by atoms with Gasteiger partial charge in [-0.15, -0.1) is 0 Å². The SMILES string of the molecule is C1=C(NO[Si](c2ccccc2)(c2ccccc2)c2ccccc2)CC1. The molecule has 0 aromatic heterocycles. The van der Waals surface area contributed by atoms with E-state index >= 15 is 0 Å². The summed E-state index contributed by atoms with van der Waals surface area (Å²) >= 11 is 0. The fourth-order valence-corrected chi connectivity index (χ4v) is 6.84. The van der Waals surface area contributed by atoms with Gasteiger partial charge in [0.25, 0.3) is 0 Å². The fourth-order valence-electron chi connectivity index (χ4n) is 3.22. The summed E-state index contributed by atoms with van der Waals surface area (Å²) in [6.45, 7) is 0. The van der Waals surface area contributed by atoms with E-state index in [-0.39, 0.29) is 0 Å². The van der Waals surface area contributed by atoms with Gasteiger partial charge >= 0.3 is 8.32 Å². The average Bonchev–Trinajstić information content (AvgIpc) is 2.66. The molecular formula is C22H21NOSi. The van der Waals surface area contributed by atoms with Crippen molar-refractivity contribution in [2.45, 2.75) is 12.8 Å². The maximum absolute atomic E-state index is 6.61. The van der Waals surface area contributed by atoms with Crippen LogP contribution in [0.3, 0.4) is 0 Å². The van der Waals surface area contributed by atoms with Gasteiger partial charge in [-0.05, 0) is 28.4 Å². The molecule has 0 radical (unpaired) electrons. The van der Waals surface area contributed by atoms with Crippen molar-refractivity contribution in [1.29, 1.82) is 0 Å². The molecule has 0 fully saturated rings. The van der Waals surface area contributed by atoms with Crippen LogP contribution in [-0.2, 0) is 4.53 Å². The largest absolute Gasteiger partial charge is 0.321 e. The summed E-state index contributed by atoms with van der Waals surface area (Å²) < 4.78 is 6.61. The Morgan fingerprint density at radius 3 is 1.36 bits per heavy atom. The summed E-state index contributed by atoms with van der Waals surface area (Å²) in [6, 6.07) is 31.8. The summed E-state index contributed by atoms with van der Waals surface area (Å²) in [6.07, 6.45) is 4.38. The molecule has 25 heavy (non-hydrogen) atoms. The molecule has 0 saturated heterocycles. The van der Waals surface area contributed by atoms with Crippen LogP contribution >= 0.6 is 0 Å². The Bertz CT molecular complexity index is 750. The zero-order valence-electron chi connectivity index (χ0n) is 14.1. The Morgan fingerprint density at radius 1 is 0.640 bits per heavy atom. The molecule has 0 aliphatic heterocycles. The molecule has 0 amide bonds. The molecule has 124 valence electrons. The topological polar surface area (TPSA) is 21.3 Å². The highest BCUT2D eigenvalue weighted by molar-refractivity contribution is 7.07. The van der Waals surface area contributed by atoms with Crippen LogP contribution < -0.4 is 21.0 Å². The maximum atomic E-state index is 6.61. The minimum Gasteiger partial charge on any atom is -0.305 e. The quantitative estimate of drug-likeness (QED) is 0.422. The Hall–Kier alpha value is -2.62. The monoisotopic (exact) mass is 343 g/mol. The molecule has 2 nitrogen and oxygen atoms in total. The Labute approximate surface area is 149 Å². The molecule has 3 aromatic rings. The normalized spacial score (nSPS) is 13.7. The second-order valence-electron chi connectivity index (χ2n) is 6.25. The van der Waals surface area contributed by atoms with Crippen molar-refractivity contribution in [1.82, 2.24) is 5.48 Å². The van der Waals surface area contributed by atoms with Gasteiger partial charge in [-0.25, -0.2) is 0 Å². The van der Waals surface area contributed by atoms with Crippen LogP contribution in [-0.4, -0.2) is 8.32 Å². The molecule has 0 unspecified atom stereocenters. The van der Waals surface area contributed by atoms with Gasteiger partial charge in [-0.3, -0.25) is 5.48 Å². The third kappa shape index (κ3) is 3.04. The highest BCUT2D eigenvalue weighted by Gasteiger charge is 2.43. The first kappa shape index (κ1) is 15.9. The second-order valence-corrected chi connectivity index (χ2v) is 9.55. The summed E-state index contributed by atoms with van der Waals surface area (Å²) in [5.41, 5.74) is 4.46. The zero-order valence-corrected chi connectivity index (χ0v) is 15.1. The molecule has 0 saturated carbocycles. The first-order chi connectivity index (χ1) is 12.4. The summed E-state index contributed by atoms with van der Waals surface area (Å²) in [5, 5.41) is 3.71. The van der Waals surface area contributed by atoms with Crippen LogP contribution in [0.1, 0.15) is 12.8 Å². The van der Waals surface area contributed by atoms with Crippen LogP contribution in [0, 0.1) is 0 Å². The predicted molar refractivity (Wildman–Crippen MR) is 106 cm³/mol. The van der Waals surface area contributed by atoms with Crippen LogP contribution in [0.5, 0.6) is 0 Å². The number of benzene rings is 3. The number of hydrogen-bond donors (Lipinski definition) is 1. The molecule has 1 aliphatic rings. The second kappa shape index (κ2) is 7.09. The van der Waals surface area contributed by atoms with Crippen molar-refractivity contribution in [3.05, 3.63) is 103 Å². The third-order valence-corrected chi connectivity index (χ3v) is 8.53. The van der Waals surface area contributed by atoms with Crippen LogP contribution in [0.2, 0.25) is 0 Å². The maximum Gasteiger partial charge on any atom is 0.321 e. The van der Waals surface area contributed by atoms with Crippen LogP contribution in [0.15, 0.2) is 103 Å². The van der Waals surface area contributed by atoms with Crippen LogP contribution in [0.25, 0.3) is 0 Å². The van der Waals surface area contributed by atoms with Crippen molar-refractivity contribution in [3.8, 4) is 0 Å². The first-order valence-electron chi connectivity index (χ1n) is 8.69. The van der Waals surface area contributed by atoms with Crippen molar-refractivity contribution in [3.63, 3.8) is 0 Å². The lowest BCUT2D eigenvalue weighted by atomic mass is 10.1. The summed E-state index contributed by atoms with van der Waals surface area (Å²) in [7, 11) is -2.62. The molecule has 1 N–H and O–H groups in total. The number of rotatable bonds is 6. The van der Waals surface area contributed by atoms with E-state index in [1.54, 1.807) is 0 Å². The van der Waals surface area contributed by atoms with E-state index in [9.17, 15) is 0 Å². The molecule has 0 heterocycles. The molecule has 0 atom stereocenters. The van der Waals surface area contributed by atoms with Crippen molar-refractivity contribution >= 4 is 23.9 Å². The lowest BCUT2D eigenvalue weighted by Crippen LogP contribution is -2.70. The van der Waals surface area contributed by atoms with E-state index < -0.39 is 8.32 Å². The highest BCUT2D eigenvalue weighted by atomic mass is 28.4. The first-order valence-corrected chi connectivity index (χ1v) is 10.6. The standard InChI is InChI=1S/C22H21NOSi/c1-4-13-20(14-5-1)25(21-15-6-2-7-16-21,22-17-8-3-9-18-22)24-23-19-11-10-12-19/h1-9,11,13-18,23H,10,12H2. The van der Waals surface area contributed by atoms with E-state index in [0.717, 1.165) is 12.8 Å². The van der Waals surface area contributed by atoms with E-state index in [1.165, 1.54) is 21.3 Å². The summed E-state index contributed by atoms with van der Waals surface area (Å²) in [4.78, 5) is 0. The fraction of sp³-hybridized carbons (Fsp3) is 0.0909. The highest BCUT2D eigenvalue weighted by Crippen LogP contribution is 2.16. The molecule has 3 aromatic carbocycles. The van der Waals surface area contributed by atoms with E-state index in [2.05, 4.69) is 103 Å². The van der Waals surface area contributed by atoms with Gasteiger partial charge < -0.3 is 4.53 Å². The average molecular weight is 344 g/mol. The molecule has 1 aliphatic carbocycles. The van der Waals surface area contributed by atoms with Gasteiger partial charge in [0, 0.05) is 5.70 Å². The van der Waals surface area contributed by atoms with Gasteiger partial charge in [0.2, 0.25) is 0 Å². The molecule has 0 bridgehead atoms. The number of nitrogens with one attached hydrogen (secondary N) is 1. The number of hydroxylamine groups is 1. The van der Waals surface area contributed by atoms with Gasteiger partial charge in [-0.2, -0.15) is 0 Å². The minimum absolute atomic E-state index is 1.06. The van der Waals surface area contributed by atoms with E-state index in [0.29, 0.717) is 0 Å². The summed E-state index contributed by atoms with van der Waals surface area (Å²) in [5.74, 6) is 0. The Kier molecular flexibility index (Phi) is 4.50. The Morgan fingerprint density at radius 2 is 1.04 bits per heavy atom.